The number of ether oxygens (including phenoxy) is 1. The van der Waals surface area contributed by atoms with Crippen LogP contribution in [0, 0.1) is 0 Å². The molecule has 3 fully saturated rings. The number of nitrogens with two attached hydrogens (primary N) is 1. The lowest BCUT2D eigenvalue weighted by molar-refractivity contribution is -0.718. The highest BCUT2D eigenvalue weighted by Gasteiger charge is 2.41. The Labute approximate surface area is 166 Å². The number of methoxy groups -OCH3 is 1. The zero-order chi connectivity index (χ0) is 19.5. The fourth-order valence-electron chi connectivity index (χ4n) is 4.81. The van der Waals surface area contributed by atoms with E-state index in [0.717, 1.165) is 37.4 Å². The molecule has 0 spiro atoms. The first-order chi connectivity index (χ1) is 13.7. The molecule has 152 valence electrons. The first-order valence-corrected chi connectivity index (χ1v) is 10.5. The Bertz CT molecular complexity index is 717. The third-order valence-electron chi connectivity index (χ3n) is 6.42. The van der Waals surface area contributed by atoms with Crippen LogP contribution in [0.1, 0.15) is 32.1 Å². The maximum Gasteiger partial charge on any atom is 0.279 e. The number of hydrogen-bond acceptors (Lipinski definition) is 4. The van der Waals surface area contributed by atoms with Crippen molar-refractivity contribution in [1.29, 1.82) is 0 Å². The maximum atomic E-state index is 12.8. The van der Waals surface area contributed by atoms with Gasteiger partial charge < -0.3 is 25.2 Å². The van der Waals surface area contributed by atoms with Gasteiger partial charge in [0.1, 0.15) is 11.8 Å². The molecule has 3 N–H and O–H groups in total. The van der Waals surface area contributed by atoms with Gasteiger partial charge in [-0.15, -0.1) is 0 Å². The Morgan fingerprint density at radius 3 is 2.71 bits per heavy atom. The van der Waals surface area contributed by atoms with E-state index in [4.69, 9.17) is 4.74 Å². The van der Waals surface area contributed by atoms with E-state index in [2.05, 4.69) is 21.6 Å². The van der Waals surface area contributed by atoms with Crippen LogP contribution in [0.2, 0.25) is 0 Å². The van der Waals surface area contributed by atoms with E-state index in [9.17, 15) is 9.59 Å². The molecule has 0 unspecified atom stereocenters. The largest absolute Gasteiger partial charge is 0.495 e. The van der Waals surface area contributed by atoms with Gasteiger partial charge in [-0.25, -0.2) is 0 Å². The molecular formula is C21H31N4O3+. The van der Waals surface area contributed by atoms with E-state index in [1.165, 1.54) is 12.8 Å². The highest BCUT2D eigenvalue weighted by Crippen LogP contribution is 2.28. The van der Waals surface area contributed by atoms with Gasteiger partial charge >= 0.3 is 0 Å². The van der Waals surface area contributed by atoms with Gasteiger partial charge in [0.2, 0.25) is 5.91 Å². The molecule has 1 aliphatic carbocycles. The summed E-state index contributed by atoms with van der Waals surface area (Å²) in [4.78, 5) is 29.4. The number of rotatable bonds is 4. The van der Waals surface area contributed by atoms with Crippen LogP contribution in [-0.2, 0) is 9.59 Å². The van der Waals surface area contributed by atoms with Gasteiger partial charge in [0.25, 0.3) is 5.91 Å². The van der Waals surface area contributed by atoms with Crippen molar-refractivity contribution in [2.75, 3.05) is 38.2 Å². The topological polar surface area (TPSA) is 78.5 Å². The van der Waals surface area contributed by atoms with Crippen molar-refractivity contribution in [3.05, 3.63) is 24.3 Å². The zero-order valence-electron chi connectivity index (χ0n) is 16.6. The van der Waals surface area contributed by atoms with Crippen LogP contribution in [-0.4, -0.2) is 68.1 Å². The zero-order valence-corrected chi connectivity index (χ0v) is 16.6. The van der Waals surface area contributed by atoms with Gasteiger partial charge in [0, 0.05) is 32.6 Å². The van der Waals surface area contributed by atoms with E-state index in [1.54, 1.807) is 7.11 Å². The first kappa shape index (κ1) is 19.1. The van der Waals surface area contributed by atoms with Gasteiger partial charge in [-0.1, -0.05) is 18.6 Å². The van der Waals surface area contributed by atoms with Crippen molar-refractivity contribution in [2.45, 2.75) is 50.2 Å². The van der Waals surface area contributed by atoms with Crippen LogP contribution < -0.4 is 20.3 Å². The number of para-hydroxylation sites is 2. The Hall–Kier alpha value is -2.28. The standard InChI is InChI=1S/C21H30N4O3/c1-28-19-9-5-4-8-18(19)24-10-12-25(13-11-24)20(26)14-17-21(27)23-16-7-3-2-6-15(16)22-17/h4-5,8-9,15-17,22H,2-3,6-7,10-14H2,1H3,(H,23,27)/p+1/t15-,16-,17+/m0/s1. The highest BCUT2D eigenvalue weighted by molar-refractivity contribution is 5.87. The van der Waals surface area contributed by atoms with E-state index in [1.807, 2.05) is 23.1 Å². The van der Waals surface area contributed by atoms with Gasteiger partial charge in [0.05, 0.1) is 25.3 Å². The minimum absolute atomic E-state index is 0.0316. The summed E-state index contributed by atoms with van der Waals surface area (Å²) in [5.41, 5.74) is 1.07. The number of carbonyl (C=O) groups is 2. The average molecular weight is 388 g/mol. The van der Waals surface area contributed by atoms with Crippen molar-refractivity contribution in [1.82, 2.24) is 10.2 Å². The molecule has 7 nitrogen and oxygen atoms in total. The molecule has 7 heteroatoms. The summed E-state index contributed by atoms with van der Waals surface area (Å²) in [5.74, 6) is 0.979. The van der Waals surface area contributed by atoms with Crippen molar-refractivity contribution < 1.29 is 19.6 Å². The van der Waals surface area contributed by atoms with E-state index >= 15 is 0 Å². The predicted octanol–water partition coefficient (Wildman–Crippen LogP) is 0.107. The molecule has 0 radical (unpaired) electrons. The van der Waals surface area contributed by atoms with E-state index in [-0.39, 0.29) is 23.9 Å². The predicted molar refractivity (Wildman–Crippen MR) is 106 cm³/mol. The van der Waals surface area contributed by atoms with Gasteiger partial charge in [-0.2, -0.15) is 0 Å². The van der Waals surface area contributed by atoms with Gasteiger partial charge in [-0.3, -0.25) is 9.59 Å². The molecule has 3 atom stereocenters. The number of fused-ring (bicyclic) bond motifs is 1. The molecule has 0 aromatic heterocycles. The Balaban J connectivity index is 1.31. The van der Waals surface area contributed by atoms with Crippen molar-refractivity contribution >= 4 is 17.5 Å². The highest BCUT2D eigenvalue weighted by atomic mass is 16.5. The number of benzene rings is 1. The third-order valence-corrected chi connectivity index (χ3v) is 6.42. The molecule has 1 aromatic rings. The minimum Gasteiger partial charge on any atom is -0.495 e. The van der Waals surface area contributed by atoms with Crippen LogP contribution >= 0.6 is 0 Å². The average Bonchev–Trinajstić information content (AvgIpc) is 2.74. The van der Waals surface area contributed by atoms with Crippen LogP contribution in [0.4, 0.5) is 5.69 Å². The normalized spacial score (nSPS) is 27.8. The lowest BCUT2D eigenvalue weighted by Crippen LogP contribution is -3.03. The second-order valence-electron chi connectivity index (χ2n) is 8.11. The number of nitrogens with zero attached hydrogens (tertiary/aromatic N) is 2. The lowest BCUT2D eigenvalue weighted by Gasteiger charge is -2.39. The molecule has 2 amide bonds. The van der Waals surface area contributed by atoms with E-state index in [0.29, 0.717) is 25.6 Å². The van der Waals surface area contributed by atoms with Gasteiger partial charge in [-0.05, 0) is 25.0 Å². The molecule has 3 aliphatic rings. The molecular weight excluding hydrogens is 356 g/mol. The number of carbonyl (C=O) groups excluding carboxylic acids is 2. The van der Waals surface area contributed by atoms with Gasteiger partial charge in [0.15, 0.2) is 6.04 Å². The van der Waals surface area contributed by atoms with Crippen LogP contribution in [0.5, 0.6) is 5.75 Å². The summed E-state index contributed by atoms with van der Waals surface area (Å²) < 4.78 is 5.46. The number of anilines is 1. The van der Waals surface area contributed by atoms with E-state index < -0.39 is 0 Å². The molecule has 4 rings (SSSR count). The summed E-state index contributed by atoms with van der Waals surface area (Å²) in [5, 5.41) is 5.31. The van der Waals surface area contributed by atoms with Crippen LogP contribution in [0.15, 0.2) is 24.3 Å². The number of nitrogens with one attached hydrogen (secondary N) is 1. The number of hydrogen-bond donors (Lipinski definition) is 2. The monoisotopic (exact) mass is 387 g/mol. The quantitative estimate of drug-likeness (QED) is 0.769. The maximum absolute atomic E-state index is 12.8. The molecule has 1 aromatic carbocycles. The summed E-state index contributed by atoms with van der Waals surface area (Å²) >= 11 is 0. The number of quaternary nitrogens is 1. The van der Waals surface area contributed by atoms with Crippen molar-refractivity contribution in [2.24, 2.45) is 0 Å². The molecule has 1 saturated carbocycles. The molecule has 2 aliphatic heterocycles. The minimum atomic E-state index is -0.279. The van der Waals surface area contributed by atoms with Crippen LogP contribution in [0.25, 0.3) is 0 Å². The fraction of sp³-hybridized carbons (Fsp3) is 0.619. The summed E-state index contributed by atoms with van der Waals surface area (Å²) in [6.45, 7) is 2.91. The summed E-state index contributed by atoms with van der Waals surface area (Å²) in [6, 6.07) is 8.43. The first-order valence-electron chi connectivity index (χ1n) is 10.5. The second kappa shape index (κ2) is 8.39. The SMILES string of the molecule is COc1ccccc1N1CCN(C(=O)C[C@H]2[NH2+][C@H]3CCCC[C@@H]3NC2=O)CC1. The second-order valence-corrected chi connectivity index (χ2v) is 8.11. The third kappa shape index (κ3) is 3.94. The number of amides is 2. The molecule has 28 heavy (non-hydrogen) atoms. The smallest absolute Gasteiger partial charge is 0.279 e. The van der Waals surface area contributed by atoms with Crippen LogP contribution in [0.3, 0.4) is 0 Å². The molecule has 0 bridgehead atoms. The van der Waals surface area contributed by atoms with Crippen molar-refractivity contribution in [3.63, 3.8) is 0 Å². The Morgan fingerprint density at radius 1 is 1.18 bits per heavy atom. The van der Waals surface area contributed by atoms with Crippen molar-refractivity contribution in [3.8, 4) is 5.75 Å². The molecule has 2 saturated heterocycles. The summed E-state index contributed by atoms with van der Waals surface area (Å²) in [7, 11) is 1.68. The fourth-order valence-corrected chi connectivity index (χ4v) is 4.81. The lowest BCUT2D eigenvalue weighted by atomic mass is 9.87. The molecule has 2 heterocycles. The Kier molecular flexibility index (Phi) is 5.71. The summed E-state index contributed by atoms with van der Waals surface area (Å²) in [6.07, 6.45) is 4.91. The Morgan fingerprint density at radius 2 is 1.93 bits per heavy atom. The number of piperazine rings is 2.